The quantitative estimate of drug-likeness (QED) is 0.445. The molecule has 0 amide bonds. The average Bonchev–Trinajstić information content (AvgIpc) is 2.16. The maximum atomic E-state index is 10.7. The largest absolute Gasteiger partial charge is 0.772 e. The first-order valence-electron chi connectivity index (χ1n) is 4.31. The molecule has 0 fully saturated rings. The summed E-state index contributed by atoms with van der Waals surface area (Å²) in [7, 11) is 0. The van der Waals surface area contributed by atoms with Crippen molar-refractivity contribution in [1.82, 2.24) is 0 Å². The van der Waals surface area contributed by atoms with Gasteiger partial charge in [0.15, 0.2) is 0 Å². The molecule has 0 heterocycles. The Morgan fingerprint density at radius 2 is 2.07 bits per heavy atom. The van der Waals surface area contributed by atoms with Crippen LogP contribution in [0.25, 0.3) is 0 Å². The number of nitrogens with zero attached hydrogens (tertiary/aromatic N) is 1. The van der Waals surface area contributed by atoms with Crippen LogP contribution in [0, 0.1) is 10.1 Å². The lowest BCUT2D eigenvalue weighted by molar-refractivity contribution is -0.385. The van der Waals surface area contributed by atoms with Gasteiger partial charge in [0.25, 0.3) is 5.69 Å². The zero-order valence-electron chi connectivity index (χ0n) is 8.08. The van der Waals surface area contributed by atoms with Gasteiger partial charge in [-0.2, -0.15) is 0 Å². The standard InChI is InChI=1S/C9H11NO4S/c1-7(6-15(13)14)8-4-2-3-5-9(8)10(11)12/h2-5,7H,6H2,1H3,(H,13,14)/p-1. The van der Waals surface area contributed by atoms with Crippen molar-refractivity contribution in [2.24, 2.45) is 0 Å². The molecule has 2 atom stereocenters. The molecule has 2 unspecified atom stereocenters. The Bertz CT molecular complexity index is 393. The fraction of sp³-hybridized carbons (Fsp3) is 0.333. The predicted molar refractivity (Wildman–Crippen MR) is 55.3 cm³/mol. The van der Waals surface area contributed by atoms with Gasteiger partial charge >= 0.3 is 0 Å². The summed E-state index contributed by atoms with van der Waals surface area (Å²) in [5.74, 6) is -0.477. The van der Waals surface area contributed by atoms with Gasteiger partial charge in [-0.1, -0.05) is 36.2 Å². The van der Waals surface area contributed by atoms with E-state index in [0.29, 0.717) is 5.56 Å². The molecular weight excluding hydrogens is 218 g/mol. The van der Waals surface area contributed by atoms with Crippen LogP contribution in [-0.2, 0) is 11.1 Å². The van der Waals surface area contributed by atoms with Gasteiger partial charge in [-0.25, -0.2) is 0 Å². The molecule has 1 aromatic carbocycles. The second-order valence-corrected chi connectivity index (χ2v) is 4.13. The van der Waals surface area contributed by atoms with Crippen molar-refractivity contribution < 1.29 is 13.7 Å². The van der Waals surface area contributed by atoms with Crippen LogP contribution in [0.1, 0.15) is 18.4 Å². The number of nitro groups is 1. The summed E-state index contributed by atoms with van der Waals surface area (Å²) in [6.45, 7) is 1.65. The highest BCUT2D eigenvalue weighted by Crippen LogP contribution is 2.26. The normalized spacial score (nSPS) is 14.5. The Balaban J connectivity index is 3.02. The van der Waals surface area contributed by atoms with E-state index in [1.807, 2.05) is 0 Å². The van der Waals surface area contributed by atoms with Crippen molar-refractivity contribution in [2.45, 2.75) is 12.8 Å². The molecule has 6 heteroatoms. The molecule has 0 bridgehead atoms. The third kappa shape index (κ3) is 3.10. The number of benzene rings is 1. The van der Waals surface area contributed by atoms with E-state index in [2.05, 4.69) is 0 Å². The Morgan fingerprint density at radius 1 is 1.47 bits per heavy atom. The highest BCUT2D eigenvalue weighted by atomic mass is 32.2. The summed E-state index contributed by atoms with van der Waals surface area (Å²) < 4.78 is 21.0. The van der Waals surface area contributed by atoms with Gasteiger partial charge in [0.2, 0.25) is 0 Å². The van der Waals surface area contributed by atoms with Crippen LogP contribution in [0.4, 0.5) is 5.69 Å². The number of para-hydroxylation sites is 1. The Hall–Kier alpha value is -1.27. The molecule has 1 rings (SSSR count). The molecule has 15 heavy (non-hydrogen) atoms. The summed E-state index contributed by atoms with van der Waals surface area (Å²) in [4.78, 5) is 10.2. The fourth-order valence-electron chi connectivity index (χ4n) is 1.36. The minimum absolute atomic E-state index is 0.0320. The zero-order chi connectivity index (χ0) is 11.4. The molecule has 82 valence electrons. The Kier molecular flexibility index (Phi) is 3.93. The number of hydrogen-bond donors (Lipinski definition) is 0. The first-order chi connectivity index (χ1) is 7.02. The molecule has 0 spiro atoms. The van der Waals surface area contributed by atoms with Crippen molar-refractivity contribution >= 4 is 16.8 Å². The minimum Gasteiger partial charge on any atom is -0.772 e. The second-order valence-electron chi connectivity index (χ2n) is 3.19. The highest BCUT2D eigenvalue weighted by molar-refractivity contribution is 7.79. The lowest BCUT2D eigenvalue weighted by Gasteiger charge is -2.13. The van der Waals surface area contributed by atoms with Crippen LogP contribution >= 0.6 is 0 Å². The number of nitro benzene ring substituents is 1. The second kappa shape index (κ2) is 4.99. The predicted octanol–water partition coefficient (Wildman–Crippen LogP) is 1.58. The molecule has 0 aliphatic carbocycles. The van der Waals surface area contributed by atoms with Gasteiger partial charge in [0.1, 0.15) is 0 Å². The summed E-state index contributed by atoms with van der Waals surface area (Å²) in [5, 5.41) is 10.7. The fourth-order valence-corrected chi connectivity index (χ4v) is 1.95. The van der Waals surface area contributed by atoms with Crippen LogP contribution in [-0.4, -0.2) is 19.4 Å². The SMILES string of the molecule is CC(CS(=O)[O-])c1ccccc1[N+](=O)[O-]. The van der Waals surface area contributed by atoms with Crippen molar-refractivity contribution in [3.63, 3.8) is 0 Å². The third-order valence-corrected chi connectivity index (χ3v) is 2.82. The van der Waals surface area contributed by atoms with E-state index >= 15 is 0 Å². The molecule has 0 saturated carbocycles. The van der Waals surface area contributed by atoms with E-state index in [1.54, 1.807) is 25.1 Å². The highest BCUT2D eigenvalue weighted by Gasteiger charge is 2.17. The monoisotopic (exact) mass is 228 g/mol. The van der Waals surface area contributed by atoms with E-state index in [1.165, 1.54) is 6.07 Å². The first kappa shape index (κ1) is 11.8. The minimum atomic E-state index is -2.19. The molecule has 5 nitrogen and oxygen atoms in total. The first-order valence-corrected chi connectivity index (χ1v) is 5.56. The van der Waals surface area contributed by atoms with Crippen LogP contribution in [0.2, 0.25) is 0 Å². The van der Waals surface area contributed by atoms with Crippen molar-refractivity contribution in [3.8, 4) is 0 Å². The maximum absolute atomic E-state index is 10.7. The van der Waals surface area contributed by atoms with E-state index in [4.69, 9.17) is 0 Å². The van der Waals surface area contributed by atoms with Gasteiger partial charge < -0.3 is 4.55 Å². The molecule has 0 N–H and O–H groups in total. The molecule has 0 aliphatic rings. The van der Waals surface area contributed by atoms with E-state index in [-0.39, 0.29) is 17.4 Å². The average molecular weight is 228 g/mol. The van der Waals surface area contributed by atoms with Crippen molar-refractivity contribution in [1.29, 1.82) is 0 Å². The number of rotatable bonds is 4. The summed E-state index contributed by atoms with van der Waals surface area (Å²) >= 11 is -2.19. The topological polar surface area (TPSA) is 83.3 Å². The lowest BCUT2D eigenvalue weighted by Crippen LogP contribution is -2.07. The molecule has 0 aliphatic heterocycles. The summed E-state index contributed by atoms with van der Waals surface area (Å²) in [6.07, 6.45) is 0. The van der Waals surface area contributed by atoms with Gasteiger partial charge in [0, 0.05) is 17.4 Å². The van der Waals surface area contributed by atoms with Gasteiger partial charge in [-0.3, -0.25) is 14.3 Å². The molecule has 1 aromatic rings. The molecule has 0 saturated heterocycles. The maximum Gasteiger partial charge on any atom is 0.272 e. The summed E-state index contributed by atoms with van der Waals surface area (Å²) in [5.41, 5.74) is 0.419. The van der Waals surface area contributed by atoms with Gasteiger partial charge in [0.05, 0.1) is 4.92 Å². The van der Waals surface area contributed by atoms with E-state index in [0.717, 1.165) is 0 Å². The van der Waals surface area contributed by atoms with Crippen LogP contribution in [0.15, 0.2) is 24.3 Å². The van der Waals surface area contributed by atoms with Crippen LogP contribution in [0.3, 0.4) is 0 Å². The Labute approximate surface area is 89.6 Å². The zero-order valence-corrected chi connectivity index (χ0v) is 8.90. The summed E-state index contributed by atoms with van der Waals surface area (Å²) in [6, 6.07) is 6.17. The van der Waals surface area contributed by atoms with E-state index < -0.39 is 16.0 Å². The van der Waals surface area contributed by atoms with Crippen LogP contribution < -0.4 is 0 Å². The molecular formula is C9H10NO4S-. The van der Waals surface area contributed by atoms with Gasteiger partial charge in [-0.05, 0) is 5.92 Å². The smallest absolute Gasteiger partial charge is 0.272 e. The van der Waals surface area contributed by atoms with Crippen molar-refractivity contribution in [2.75, 3.05) is 5.75 Å². The van der Waals surface area contributed by atoms with Crippen molar-refractivity contribution in [3.05, 3.63) is 39.9 Å². The number of hydrogen-bond acceptors (Lipinski definition) is 4. The van der Waals surface area contributed by atoms with Crippen LogP contribution in [0.5, 0.6) is 0 Å². The molecule has 0 aromatic heterocycles. The van der Waals surface area contributed by atoms with E-state index in [9.17, 15) is 18.9 Å². The Morgan fingerprint density at radius 3 is 2.60 bits per heavy atom. The lowest BCUT2D eigenvalue weighted by atomic mass is 10.0. The third-order valence-electron chi connectivity index (χ3n) is 2.05. The molecule has 0 radical (unpaired) electrons. The van der Waals surface area contributed by atoms with Gasteiger partial charge in [-0.15, -0.1) is 0 Å².